The zero-order valence-corrected chi connectivity index (χ0v) is 15.3. The van der Waals surface area contributed by atoms with Gasteiger partial charge in [0.1, 0.15) is 0 Å². The third-order valence-electron chi connectivity index (χ3n) is 4.45. The molecule has 0 radical (unpaired) electrons. The molecule has 0 saturated heterocycles. The van der Waals surface area contributed by atoms with E-state index in [0.29, 0.717) is 24.3 Å². The molecule has 28 heavy (non-hydrogen) atoms. The van der Waals surface area contributed by atoms with E-state index in [9.17, 15) is 19.7 Å². The highest BCUT2D eigenvalue weighted by atomic mass is 16.6. The molecule has 0 spiro atoms. The van der Waals surface area contributed by atoms with E-state index in [1.165, 1.54) is 25.3 Å². The maximum absolute atomic E-state index is 12.2. The summed E-state index contributed by atoms with van der Waals surface area (Å²) in [4.78, 5) is 35.7. The number of anilines is 1. The van der Waals surface area contributed by atoms with Crippen molar-refractivity contribution < 1.29 is 19.2 Å². The van der Waals surface area contributed by atoms with Gasteiger partial charge in [0.15, 0.2) is 0 Å². The number of benzene rings is 2. The molecule has 0 fully saturated rings. The Labute approximate surface area is 161 Å². The summed E-state index contributed by atoms with van der Waals surface area (Å²) in [6.45, 7) is 1.04. The van der Waals surface area contributed by atoms with Crippen LogP contribution in [0.25, 0.3) is 6.08 Å². The summed E-state index contributed by atoms with van der Waals surface area (Å²) in [5.41, 5.74) is 3.41. The summed E-state index contributed by atoms with van der Waals surface area (Å²) in [7, 11) is 1.35. The van der Waals surface area contributed by atoms with Crippen LogP contribution in [0.2, 0.25) is 0 Å². The van der Waals surface area contributed by atoms with Crippen molar-refractivity contribution in [2.75, 3.05) is 19.0 Å². The Morgan fingerprint density at radius 2 is 1.93 bits per heavy atom. The lowest BCUT2D eigenvalue weighted by Crippen LogP contribution is -2.35. The Morgan fingerprint density at radius 3 is 2.61 bits per heavy atom. The number of hydrogen-bond donors (Lipinski definition) is 1. The van der Waals surface area contributed by atoms with Crippen LogP contribution in [0, 0.1) is 10.1 Å². The number of nitro benzene ring substituents is 1. The molecule has 0 bridgehead atoms. The van der Waals surface area contributed by atoms with Crippen LogP contribution in [0.5, 0.6) is 0 Å². The summed E-state index contributed by atoms with van der Waals surface area (Å²) in [6, 6.07) is 11.5. The van der Waals surface area contributed by atoms with E-state index in [1.807, 2.05) is 18.2 Å². The first-order valence-corrected chi connectivity index (χ1v) is 8.64. The molecule has 1 N–H and O–H groups in total. The van der Waals surface area contributed by atoms with E-state index in [-0.39, 0.29) is 17.7 Å². The van der Waals surface area contributed by atoms with Crippen LogP contribution in [-0.4, -0.2) is 35.5 Å². The van der Waals surface area contributed by atoms with Gasteiger partial charge in [-0.1, -0.05) is 6.07 Å². The highest BCUT2D eigenvalue weighted by molar-refractivity contribution is 6.02. The number of carbonyl (C=O) groups excluding carboxylic acids is 2. The second-order valence-electron chi connectivity index (χ2n) is 6.30. The monoisotopic (exact) mass is 381 g/mol. The molecule has 8 heteroatoms. The van der Waals surface area contributed by atoms with Crippen LogP contribution in [0.15, 0.2) is 48.5 Å². The minimum Gasteiger partial charge on any atom is -0.453 e. The molecule has 0 atom stereocenters. The number of non-ortho nitro benzene ring substituents is 1. The summed E-state index contributed by atoms with van der Waals surface area (Å²) < 4.78 is 4.76. The Bertz CT molecular complexity index is 937. The molecular weight excluding hydrogens is 362 g/mol. The predicted octanol–water partition coefficient (Wildman–Crippen LogP) is 3.37. The highest BCUT2D eigenvalue weighted by Crippen LogP contribution is 2.23. The van der Waals surface area contributed by atoms with Crippen molar-refractivity contribution in [3.05, 3.63) is 75.3 Å². The van der Waals surface area contributed by atoms with Crippen molar-refractivity contribution in [3.63, 3.8) is 0 Å². The first-order chi connectivity index (χ1) is 13.5. The van der Waals surface area contributed by atoms with Crippen LogP contribution in [-0.2, 0) is 22.5 Å². The fourth-order valence-corrected chi connectivity index (χ4v) is 2.98. The van der Waals surface area contributed by atoms with Crippen LogP contribution in [0.3, 0.4) is 0 Å². The molecule has 1 heterocycles. The average Bonchev–Trinajstić information content (AvgIpc) is 2.71. The first-order valence-electron chi connectivity index (χ1n) is 8.64. The van der Waals surface area contributed by atoms with Gasteiger partial charge in [-0.2, -0.15) is 0 Å². The lowest BCUT2D eigenvalue weighted by atomic mass is 9.99. The number of carbonyl (C=O) groups is 2. The Kier molecular flexibility index (Phi) is 5.69. The van der Waals surface area contributed by atoms with Crippen molar-refractivity contribution in [3.8, 4) is 0 Å². The normalized spacial score (nSPS) is 13.1. The Balaban J connectivity index is 1.64. The molecule has 144 valence electrons. The van der Waals surface area contributed by atoms with E-state index in [0.717, 1.165) is 17.5 Å². The van der Waals surface area contributed by atoms with Crippen LogP contribution in [0.1, 0.15) is 16.7 Å². The standard InChI is InChI=1S/C20H19N3O5/c1-28-20(25)22-11-10-15-5-6-17(12-16(15)13-22)21-19(24)9-4-14-2-7-18(8-3-14)23(26)27/h2-9,12H,10-11,13H2,1H3,(H,21,24)/b9-4+. The minimum atomic E-state index is -0.475. The first kappa shape index (κ1) is 19.1. The molecule has 2 amide bonds. The molecule has 0 saturated carbocycles. The van der Waals surface area contributed by atoms with E-state index < -0.39 is 4.92 Å². The summed E-state index contributed by atoms with van der Waals surface area (Å²) in [5, 5.41) is 13.4. The average molecular weight is 381 g/mol. The summed E-state index contributed by atoms with van der Waals surface area (Å²) >= 11 is 0. The number of nitro groups is 1. The smallest absolute Gasteiger partial charge is 0.409 e. The van der Waals surface area contributed by atoms with Crippen LogP contribution >= 0.6 is 0 Å². The van der Waals surface area contributed by atoms with E-state index in [2.05, 4.69) is 5.32 Å². The quantitative estimate of drug-likeness (QED) is 0.497. The number of amides is 2. The van der Waals surface area contributed by atoms with Gasteiger partial charge >= 0.3 is 6.09 Å². The lowest BCUT2D eigenvalue weighted by Gasteiger charge is -2.28. The largest absolute Gasteiger partial charge is 0.453 e. The van der Waals surface area contributed by atoms with Crippen molar-refractivity contribution in [1.29, 1.82) is 0 Å². The number of fused-ring (bicyclic) bond motifs is 1. The molecule has 0 unspecified atom stereocenters. The molecule has 2 aromatic carbocycles. The van der Waals surface area contributed by atoms with E-state index in [1.54, 1.807) is 23.1 Å². The number of rotatable bonds is 4. The van der Waals surface area contributed by atoms with Crippen LogP contribution < -0.4 is 5.32 Å². The molecule has 8 nitrogen and oxygen atoms in total. The van der Waals surface area contributed by atoms with Gasteiger partial charge in [-0.05, 0) is 53.5 Å². The van der Waals surface area contributed by atoms with E-state index in [4.69, 9.17) is 4.74 Å². The third-order valence-corrected chi connectivity index (χ3v) is 4.45. The fraction of sp³-hybridized carbons (Fsp3) is 0.200. The van der Waals surface area contributed by atoms with Crippen molar-refractivity contribution >= 4 is 29.5 Å². The second-order valence-corrected chi connectivity index (χ2v) is 6.30. The van der Waals surface area contributed by atoms with Gasteiger partial charge in [-0.15, -0.1) is 0 Å². The van der Waals surface area contributed by atoms with Gasteiger partial charge in [0, 0.05) is 37.0 Å². The Hall–Kier alpha value is -3.68. The summed E-state index contributed by atoms with van der Waals surface area (Å²) in [5.74, 6) is -0.320. The molecule has 3 rings (SSSR count). The molecule has 0 aromatic heterocycles. The molecular formula is C20H19N3O5. The fourth-order valence-electron chi connectivity index (χ4n) is 2.98. The van der Waals surface area contributed by atoms with Crippen molar-refractivity contribution in [2.24, 2.45) is 0 Å². The van der Waals surface area contributed by atoms with Crippen molar-refractivity contribution in [1.82, 2.24) is 4.90 Å². The predicted molar refractivity (Wildman–Crippen MR) is 104 cm³/mol. The highest BCUT2D eigenvalue weighted by Gasteiger charge is 2.21. The van der Waals surface area contributed by atoms with Gasteiger partial charge in [0.2, 0.25) is 5.91 Å². The summed E-state index contributed by atoms with van der Waals surface area (Å²) in [6.07, 6.45) is 3.31. The topological polar surface area (TPSA) is 102 Å². The van der Waals surface area contributed by atoms with Crippen LogP contribution in [0.4, 0.5) is 16.2 Å². The lowest BCUT2D eigenvalue weighted by molar-refractivity contribution is -0.384. The third kappa shape index (κ3) is 4.53. The minimum absolute atomic E-state index is 0.00309. The van der Waals surface area contributed by atoms with E-state index >= 15 is 0 Å². The van der Waals surface area contributed by atoms with Gasteiger partial charge in [0.25, 0.3) is 5.69 Å². The number of methoxy groups -OCH3 is 1. The molecule has 0 aliphatic carbocycles. The molecule has 1 aliphatic heterocycles. The second kappa shape index (κ2) is 8.34. The van der Waals surface area contributed by atoms with Gasteiger partial charge in [0.05, 0.1) is 12.0 Å². The Morgan fingerprint density at radius 1 is 1.18 bits per heavy atom. The molecule has 1 aliphatic rings. The maximum atomic E-state index is 12.2. The molecule has 2 aromatic rings. The number of nitrogens with zero attached hydrogens (tertiary/aromatic N) is 2. The van der Waals surface area contributed by atoms with Crippen molar-refractivity contribution in [2.45, 2.75) is 13.0 Å². The number of hydrogen-bond acceptors (Lipinski definition) is 5. The van der Waals surface area contributed by atoms with Gasteiger partial charge in [-0.25, -0.2) is 4.79 Å². The van der Waals surface area contributed by atoms with Gasteiger partial charge in [-0.3, -0.25) is 14.9 Å². The zero-order valence-electron chi connectivity index (χ0n) is 15.3. The number of ether oxygens (including phenoxy) is 1. The number of nitrogens with one attached hydrogen (secondary N) is 1. The zero-order chi connectivity index (χ0) is 20.1. The van der Waals surface area contributed by atoms with Gasteiger partial charge < -0.3 is 15.0 Å². The maximum Gasteiger partial charge on any atom is 0.409 e. The SMILES string of the molecule is COC(=O)N1CCc2ccc(NC(=O)/C=C/c3ccc([N+](=O)[O-])cc3)cc2C1.